The van der Waals surface area contributed by atoms with Crippen LogP contribution in [0.3, 0.4) is 0 Å². The van der Waals surface area contributed by atoms with Crippen molar-refractivity contribution >= 4 is 5.78 Å². The van der Waals surface area contributed by atoms with Crippen molar-refractivity contribution in [1.29, 1.82) is 0 Å². The van der Waals surface area contributed by atoms with Gasteiger partial charge < -0.3 is 0 Å². The normalized spacial score (nSPS) is 21.2. The fourth-order valence-electron chi connectivity index (χ4n) is 1.82. The molecule has 1 unspecified atom stereocenters. The van der Waals surface area contributed by atoms with Crippen LogP contribution in [0.1, 0.15) is 29.5 Å². The van der Waals surface area contributed by atoms with Gasteiger partial charge in [0.05, 0.1) is 0 Å². The molecule has 0 radical (unpaired) electrons. The summed E-state index contributed by atoms with van der Waals surface area (Å²) in [5.74, 6) is 0.483. The SMILES string of the molecule is Cc1ccc2c(c1)CC(=O)C2C. The maximum atomic E-state index is 11.3. The van der Waals surface area contributed by atoms with E-state index in [0.29, 0.717) is 12.2 Å². The lowest BCUT2D eigenvalue weighted by Crippen LogP contribution is -2.00. The second-order valence-electron chi connectivity index (χ2n) is 3.57. The Morgan fingerprint density at radius 1 is 1.42 bits per heavy atom. The van der Waals surface area contributed by atoms with Crippen LogP contribution in [-0.2, 0) is 11.2 Å². The number of hydrogen-bond acceptors (Lipinski definition) is 1. The first-order valence-corrected chi connectivity index (χ1v) is 4.30. The molecule has 0 saturated carbocycles. The van der Waals surface area contributed by atoms with E-state index in [1.807, 2.05) is 6.92 Å². The van der Waals surface area contributed by atoms with Crippen LogP contribution in [0.5, 0.6) is 0 Å². The lowest BCUT2D eigenvalue weighted by Gasteiger charge is -2.02. The predicted octanol–water partition coefficient (Wildman–Crippen LogP) is 2.22. The number of hydrogen-bond donors (Lipinski definition) is 0. The smallest absolute Gasteiger partial charge is 0.144 e. The Hall–Kier alpha value is -1.11. The van der Waals surface area contributed by atoms with Crippen LogP contribution < -0.4 is 0 Å². The molecule has 1 aliphatic carbocycles. The van der Waals surface area contributed by atoms with Gasteiger partial charge in [0.25, 0.3) is 0 Å². The summed E-state index contributed by atoms with van der Waals surface area (Å²) in [6, 6.07) is 6.28. The van der Waals surface area contributed by atoms with Crippen molar-refractivity contribution in [3.63, 3.8) is 0 Å². The van der Waals surface area contributed by atoms with E-state index >= 15 is 0 Å². The van der Waals surface area contributed by atoms with Crippen LogP contribution >= 0.6 is 0 Å². The summed E-state index contributed by atoms with van der Waals surface area (Å²) in [4.78, 5) is 11.3. The molecule has 0 saturated heterocycles. The Labute approximate surface area is 72.4 Å². The lowest BCUT2D eigenvalue weighted by molar-refractivity contribution is -0.118. The van der Waals surface area contributed by atoms with Gasteiger partial charge in [-0.1, -0.05) is 30.7 Å². The van der Waals surface area contributed by atoms with Crippen LogP contribution in [0.15, 0.2) is 18.2 Å². The Morgan fingerprint density at radius 3 is 2.92 bits per heavy atom. The molecular weight excluding hydrogens is 148 g/mol. The number of fused-ring (bicyclic) bond motifs is 1. The first-order valence-electron chi connectivity index (χ1n) is 4.30. The molecule has 1 aromatic carbocycles. The summed E-state index contributed by atoms with van der Waals surface area (Å²) < 4.78 is 0. The molecule has 0 heterocycles. The third-order valence-corrected chi connectivity index (χ3v) is 2.61. The van der Waals surface area contributed by atoms with Gasteiger partial charge in [-0.15, -0.1) is 0 Å². The van der Waals surface area contributed by atoms with Crippen molar-refractivity contribution in [2.24, 2.45) is 0 Å². The molecule has 2 rings (SSSR count). The molecule has 1 heteroatoms. The summed E-state index contributed by atoms with van der Waals surface area (Å²) >= 11 is 0. The predicted molar refractivity (Wildman–Crippen MR) is 48.3 cm³/mol. The fourth-order valence-corrected chi connectivity index (χ4v) is 1.82. The summed E-state index contributed by atoms with van der Waals surface area (Å²) in [6.07, 6.45) is 0.637. The highest BCUT2D eigenvalue weighted by molar-refractivity contribution is 5.92. The average Bonchev–Trinajstić information content (AvgIpc) is 2.28. The third kappa shape index (κ3) is 0.970. The van der Waals surface area contributed by atoms with Crippen LogP contribution in [0, 0.1) is 6.92 Å². The molecule has 0 bridgehead atoms. The topological polar surface area (TPSA) is 17.1 Å². The second-order valence-corrected chi connectivity index (χ2v) is 3.57. The third-order valence-electron chi connectivity index (χ3n) is 2.61. The Bertz CT molecular complexity index is 339. The van der Waals surface area contributed by atoms with Gasteiger partial charge in [-0.05, 0) is 18.1 Å². The monoisotopic (exact) mass is 160 g/mol. The lowest BCUT2D eigenvalue weighted by atomic mass is 10.0. The molecule has 12 heavy (non-hydrogen) atoms. The van der Waals surface area contributed by atoms with Gasteiger partial charge in [-0.2, -0.15) is 0 Å². The number of carbonyl (C=O) groups excluding carboxylic acids is 1. The van der Waals surface area contributed by atoms with E-state index in [0.717, 1.165) is 0 Å². The Balaban J connectivity index is 2.54. The summed E-state index contributed by atoms with van der Waals surface area (Å²) in [5, 5.41) is 0. The van der Waals surface area contributed by atoms with Crippen LogP contribution in [0.25, 0.3) is 0 Å². The number of rotatable bonds is 0. The van der Waals surface area contributed by atoms with E-state index in [4.69, 9.17) is 0 Å². The van der Waals surface area contributed by atoms with Gasteiger partial charge in [-0.3, -0.25) is 4.79 Å². The van der Waals surface area contributed by atoms with E-state index in [-0.39, 0.29) is 5.92 Å². The van der Waals surface area contributed by atoms with Gasteiger partial charge in [-0.25, -0.2) is 0 Å². The van der Waals surface area contributed by atoms with Crippen LogP contribution in [0.4, 0.5) is 0 Å². The minimum absolute atomic E-state index is 0.126. The maximum absolute atomic E-state index is 11.3. The molecule has 0 aromatic heterocycles. The number of aryl methyl sites for hydroxylation is 1. The molecule has 0 fully saturated rings. The zero-order chi connectivity index (χ0) is 8.72. The number of benzene rings is 1. The number of Topliss-reactive ketones (excluding diaryl/α,β-unsaturated/α-hetero) is 1. The summed E-state index contributed by atoms with van der Waals surface area (Å²) in [7, 11) is 0. The highest BCUT2D eigenvalue weighted by Crippen LogP contribution is 2.30. The highest BCUT2D eigenvalue weighted by Gasteiger charge is 2.25. The van der Waals surface area contributed by atoms with Gasteiger partial charge in [0.15, 0.2) is 0 Å². The first-order chi connectivity index (χ1) is 5.68. The van der Waals surface area contributed by atoms with Crippen LogP contribution in [0.2, 0.25) is 0 Å². The van der Waals surface area contributed by atoms with Gasteiger partial charge >= 0.3 is 0 Å². The molecular formula is C11H12O. The van der Waals surface area contributed by atoms with Gasteiger partial charge in [0.2, 0.25) is 0 Å². The zero-order valence-corrected chi connectivity index (χ0v) is 7.42. The molecule has 0 spiro atoms. The van der Waals surface area contributed by atoms with Crippen molar-refractivity contribution in [3.8, 4) is 0 Å². The molecule has 0 aliphatic heterocycles. The van der Waals surface area contributed by atoms with E-state index < -0.39 is 0 Å². The van der Waals surface area contributed by atoms with Crippen LogP contribution in [-0.4, -0.2) is 5.78 Å². The van der Waals surface area contributed by atoms with Crippen molar-refractivity contribution in [2.75, 3.05) is 0 Å². The van der Waals surface area contributed by atoms with Crippen molar-refractivity contribution in [1.82, 2.24) is 0 Å². The largest absolute Gasteiger partial charge is 0.299 e. The first kappa shape index (κ1) is 7.53. The number of carbonyl (C=O) groups is 1. The number of ketones is 1. The van der Waals surface area contributed by atoms with E-state index in [1.165, 1.54) is 16.7 Å². The molecule has 62 valence electrons. The molecule has 0 amide bonds. The Kier molecular flexibility index (Phi) is 1.53. The Morgan fingerprint density at radius 2 is 2.17 bits per heavy atom. The van der Waals surface area contributed by atoms with Crippen molar-refractivity contribution < 1.29 is 4.79 Å². The fraction of sp³-hybridized carbons (Fsp3) is 0.364. The van der Waals surface area contributed by atoms with Crippen molar-refractivity contribution in [2.45, 2.75) is 26.2 Å². The minimum Gasteiger partial charge on any atom is -0.299 e. The van der Waals surface area contributed by atoms with Crippen molar-refractivity contribution in [3.05, 3.63) is 34.9 Å². The summed E-state index contributed by atoms with van der Waals surface area (Å²) in [5.41, 5.74) is 3.70. The maximum Gasteiger partial charge on any atom is 0.144 e. The minimum atomic E-state index is 0.126. The van der Waals surface area contributed by atoms with E-state index in [2.05, 4.69) is 25.1 Å². The van der Waals surface area contributed by atoms with E-state index in [9.17, 15) is 4.79 Å². The molecule has 1 atom stereocenters. The van der Waals surface area contributed by atoms with E-state index in [1.54, 1.807) is 0 Å². The quantitative estimate of drug-likeness (QED) is 0.568. The standard InChI is InChI=1S/C11H12O/c1-7-3-4-10-8(2)11(12)6-9(10)5-7/h3-5,8H,6H2,1-2H3. The molecule has 1 aliphatic rings. The van der Waals surface area contributed by atoms with Gasteiger partial charge in [0, 0.05) is 12.3 Å². The average molecular weight is 160 g/mol. The second kappa shape index (κ2) is 2.44. The highest BCUT2D eigenvalue weighted by atomic mass is 16.1. The zero-order valence-electron chi connectivity index (χ0n) is 7.42. The summed E-state index contributed by atoms with van der Waals surface area (Å²) in [6.45, 7) is 4.05. The molecule has 1 aromatic rings. The molecule has 1 nitrogen and oxygen atoms in total. The molecule has 0 N–H and O–H groups in total. The van der Waals surface area contributed by atoms with Gasteiger partial charge in [0.1, 0.15) is 5.78 Å².